The zero-order valence-corrected chi connectivity index (χ0v) is 18.7. The van der Waals surface area contributed by atoms with Crippen LogP contribution in [0.4, 0.5) is 18.9 Å². The molecule has 3 aromatic heterocycles. The average Bonchev–Trinajstić information content (AvgIpc) is 3.44. The number of aromatic nitrogens is 5. The summed E-state index contributed by atoms with van der Waals surface area (Å²) in [6.45, 7) is 1.65. The highest BCUT2D eigenvalue weighted by Gasteiger charge is 2.30. The van der Waals surface area contributed by atoms with Crippen molar-refractivity contribution in [3.8, 4) is 16.3 Å². The summed E-state index contributed by atoms with van der Waals surface area (Å²) in [6.07, 6.45) is -1.77. The van der Waals surface area contributed by atoms with E-state index in [1.165, 1.54) is 29.3 Å². The molecule has 0 aliphatic carbocycles. The minimum absolute atomic E-state index is 0.299. The number of carbonyl (C=O) groups is 1. The van der Waals surface area contributed by atoms with Crippen LogP contribution in [0.25, 0.3) is 27.3 Å². The van der Waals surface area contributed by atoms with E-state index in [1.807, 2.05) is 0 Å². The highest BCUT2D eigenvalue weighted by Crippen LogP contribution is 2.33. The SMILES string of the molecule is Cc1nc(-c2ccc(C(F)(F)F)cc2)sc1C(=O)Nc1ccccc1-n1ncc2c(=O)[nH]cnc21. The highest BCUT2D eigenvalue weighted by atomic mass is 32.1. The Labute approximate surface area is 199 Å². The van der Waals surface area contributed by atoms with Gasteiger partial charge in [-0.15, -0.1) is 11.3 Å². The van der Waals surface area contributed by atoms with Gasteiger partial charge in [0.25, 0.3) is 11.5 Å². The van der Waals surface area contributed by atoms with Crippen LogP contribution in [0.3, 0.4) is 0 Å². The third-order valence-corrected chi connectivity index (χ3v) is 6.42. The summed E-state index contributed by atoms with van der Waals surface area (Å²) in [5.41, 5.74) is 1.08. The molecule has 0 saturated carbocycles. The standard InChI is InChI=1S/C23H15F3N6O2S/c1-12-18(35-22(30-12)13-6-8-14(9-7-13)23(24,25)26)21(34)31-16-4-2-3-5-17(16)32-19-15(10-29-32)20(33)28-11-27-19/h2-11H,1H3,(H,31,34)(H,27,28,33). The van der Waals surface area contributed by atoms with Crippen molar-refractivity contribution in [1.29, 1.82) is 0 Å². The second-order valence-electron chi connectivity index (χ2n) is 7.51. The first-order valence-electron chi connectivity index (χ1n) is 10.2. The largest absolute Gasteiger partial charge is 0.416 e. The number of rotatable bonds is 4. The Bertz CT molecular complexity index is 1620. The molecule has 5 rings (SSSR count). The van der Waals surface area contributed by atoms with E-state index in [0.717, 1.165) is 23.5 Å². The molecule has 0 fully saturated rings. The van der Waals surface area contributed by atoms with Gasteiger partial charge >= 0.3 is 6.18 Å². The summed E-state index contributed by atoms with van der Waals surface area (Å²) < 4.78 is 40.0. The molecule has 3 heterocycles. The number of para-hydroxylation sites is 2. The van der Waals surface area contributed by atoms with Crippen molar-refractivity contribution in [1.82, 2.24) is 24.7 Å². The Morgan fingerprint density at radius 3 is 2.60 bits per heavy atom. The van der Waals surface area contributed by atoms with Gasteiger partial charge in [-0.25, -0.2) is 14.6 Å². The number of nitrogens with zero attached hydrogens (tertiary/aromatic N) is 4. The molecular formula is C23H15F3N6O2S. The van der Waals surface area contributed by atoms with Crippen LogP contribution in [0, 0.1) is 6.92 Å². The van der Waals surface area contributed by atoms with E-state index in [4.69, 9.17) is 0 Å². The number of alkyl halides is 3. The Hall–Kier alpha value is -4.32. The average molecular weight is 496 g/mol. The molecule has 35 heavy (non-hydrogen) atoms. The molecule has 5 aromatic rings. The first-order valence-corrected chi connectivity index (χ1v) is 11.0. The maximum atomic E-state index is 13.1. The molecule has 0 saturated heterocycles. The van der Waals surface area contributed by atoms with E-state index in [9.17, 15) is 22.8 Å². The molecule has 0 atom stereocenters. The van der Waals surface area contributed by atoms with Crippen molar-refractivity contribution in [3.63, 3.8) is 0 Å². The fourth-order valence-corrected chi connectivity index (χ4v) is 4.47. The van der Waals surface area contributed by atoms with Crippen LogP contribution < -0.4 is 10.9 Å². The van der Waals surface area contributed by atoms with Gasteiger partial charge in [-0.3, -0.25) is 9.59 Å². The first-order chi connectivity index (χ1) is 16.7. The number of aryl methyl sites for hydroxylation is 1. The molecule has 0 aliphatic rings. The molecule has 2 aromatic carbocycles. The molecule has 0 aliphatic heterocycles. The van der Waals surface area contributed by atoms with E-state index in [0.29, 0.717) is 43.6 Å². The van der Waals surface area contributed by atoms with Gasteiger partial charge in [0.05, 0.1) is 35.2 Å². The van der Waals surface area contributed by atoms with Crippen molar-refractivity contribution < 1.29 is 18.0 Å². The third kappa shape index (κ3) is 4.19. The number of aromatic amines is 1. The minimum Gasteiger partial charge on any atom is -0.319 e. The van der Waals surface area contributed by atoms with E-state index in [2.05, 4.69) is 25.4 Å². The lowest BCUT2D eigenvalue weighted by Crippen LogP contribution is -2.14. The maximum absolute atomic E-state index is 13.1. The van der Waals surface area contributed by atoms with Crippen molar-refractivity contribution in [2.45, 2.75) is 13.1 Å². The summed E-state index contributed by atoms with van der Waals surface area (Å²) >= 11 is 1.08. The highest BCUT2D eigenvalue weighted by molar-refractivity contribution is 7.17. The van der Waals surface area contributed by atoms with Crippen molar-refractivity contribution in [3.05, 3.63) is 87.5 Å². The van der Waals surface area contributed by atoms with Gasteiger partial charge in [0.15, 0.2) is 5.65 Å². The monoisotopic (exact) mass is 496 g/mol. The normalized spacial score (nSPS) is 11.7. The van der Waals surface area contributed by atoms with Crippen molar-refractivity contribution >= 4 is 34.0 Å². The molecule has 8 nitrogen and oxygen atoms in total. The smallest absolute Gasteiger partial charge is 0.319 e. The molecule has 0 bridgehead atoms. The number of anilines is 1. The number of hydrogen-bond donors (Lipinski definition) is 2. The predicted octanol–water partition coefficient (Wildman–Crippen LogP) is 4.81. The summed E-state index contributed by atoms with van der Waals surface area (Å²) in [7, 11) is 0. The fourth-order valence-electron chi connectivity index (χ4n) is 3.51. The van der Waals surface area contributed by atoms with E-state index in [1.54, 1.807) is 31.2 Å². The number of benzene rings is 2. The number of hydrogen-bond acceptors (Lipinski definition) is 6. The lowest BCUT2D eigenvalue weighted by molar-refractivity contribution is -0.137. The molecule has 2 N–H and O–H groups in total. The summed E-state index contributed by atoms with van der Waals surface area (Å²) in [6, 6.07) is 11.5. The van der Waals surface area contributed by atoms with Crippen LogP contribution in [-0.2, 0) is 6.18 Å². The van der Waals surface area contributed by atoms with Gasteiger partial charge in [0, 0.05) is 5.56 Å². The van der Waals surface area contributed by atoms with Gasteiger partial charge < -0.3 is 10.3 Å². The van der Waals surface area contributed by atoms with Crippen LogP contribution >= 0.6 is 11.3 Å². The third-order valence-electron chi connectivity index (χ3n) is 5.21. The van der Waals surface area contributed by atoms with Crippen LogP contribution in [0.1, 0.15) is 20.9 Å². The topological polar surface area (TPSA) is 106 Å². The number of H-pyrrole nitrogens is 1. The summed E-state index contributed by atoms with van der Waals surface area (Å²) in [4.78, 5) is 36.5. The van der Waals surface area contributed by atoms with Crippen molar-refractivity contribution in [2.24, 2.45) is 0 Å². The van der Waals surface area contributed by atoms with Crippen LogP contribution in [0.5, 0.6) is 0 Å². The molecule has 0 unspecified atom stereocenters. The number of amides is 1. The van der Waals surface area contributed by atoms with Gasteiger partial charge in [0.1, 0.15) is 15.3 Å². The zero-order valence-electron chi connectivity index (χ0n) is 17.9. The van der Waals surface area contributed by atoms with Crippen molar-refractivity contribution in [2.75, 3.05) is 5.32 Å². The molecule has 12 heteroatoms. The number of carbonyl (C=O) groups excluding carboxylic acids is 1. The number of halogens is 3. The molecular weight excluding hydrogens is 481 g/mol. The van der Waals surface area contributed by atoms with Crippen LogP contribution in [0.15, 0.2) is 65.8 Å². The second kappa shape index (κ2) is 8.47. The summed E-state index contributed by atoms with van der Waals surface area (Å²) in [5, 5.41) is 7.81. The Morgan fingerprint density at radius 1 is 1.11 bits per heavy atom. The first kappa shape index (κ1) is 22.5. The number of thiazole rings is 1. The van der Waals surface area contributed by atoms with Crippen LogP contribution in [-0.4, -0.2) is 30.6 Å². The predicted molar refractivity (Wildman–Crippen MR) is 125 cm³/mol. The maximum Gasteiger partial charge on any atom is 0.416 e. The minimum atomic E-state index is -4.43. The summed E-state index contributed by atoms with van der Waals surface area (Å²) in [5.74, 6) is -0.437. The molecule has 0 spiro atoms. The Morgan fingerprint density at radius 2 is 1.86 bits per heavy atom. The second-order valence-corrected chi connectivity index (χ2v) is 8.50. The Balaban J connectivity index is 1.45. The van der Waals surface area contributed by atoms with Gasteiger partial charge in [0.2, 0.25) is 0 Å². The van der Waals surface area contributed by atoms with E-state index in [-0.39, 0.29) is 5.56 Å². The number of fused-ring (bicyclic) bond motifs is 1. The Kier molecular flexibility index (Phi) is 5.44. The molecule has 1 amide bonds. The molecule has 0 radical (unpaired) electrons. The van der Waals surface area contributed by atoms with E-state index < -0.39 is 17.6 Å². The van der Waals surface area contributed by atoms with E-state index >= 15 is 0 Å². The van der Waals surface area contributed by atoms with Crippen LogP contribution in [0.2, 0.25) is 0 Å². The molecule has 176 valence electrons. The quantitative estimate of drug-likeness (QED) is 0.372. The lowest BCUT2D eigenvalue weighted by Gasteiger charge is -2.11. The number of nitrogens with one attached hydrogen (secondary N) is 2. The van der Waals surface area contributed by atoms with Gasteiger partial charge in [-0.2, -0.15) is 18.3 Å². The van der Waals surface area contributed by atoms with Gasteiger partial charge in [-0.05, 0) is 31.2 Å². The fraction of sp³-hybridized carbons (Fsp3) is 0.0870. The van der Waals surface area contributed by atoms with Gasteiger partial charge in [-0.1, -0.05) is 24.3 Å². The zero-order chi connectivity index (χ0) is 24.7. The lowest BCUT2D eigenvalue weighted by atomic mass is 10.1.